The number of benzene rings is 2. The van der Waals surface area contributed by atoms with Gasteiger partial charge in [0.1, 0.15) is 11.6 Å². The van der Waals surface area contributed by atoms with E-state index in [-0.39, 0.29) is 40.9 Å². The van der Waals surface area contributed by atoms with E-state index >= 15 is 0 Å². The van der Waals surface area contributed by atoms with Gasteiger partial charge in [-0.25, -0.2) is 8.78 Å². The smallest absolute Gasteiger partial charge is 0.273 e. The predicted molar refractivity (Wildman–Crippen MR) is 136 cm³/mol. The highest BCUT2D eigenvalue weighted by Gasteiger charge is 2.43. The maximum atomic E-state index is 14.2. The molecule has 2 amide bonds. The number of carbonyl (C=O) groups is 2. The zero-order valence-electron chi connectivity index (χ0n) is 21.0. The number of carbonyl (C=O) groups excluding carboxylic acids is 2. The normalized spacial score (nSPS) is 23.6. The van der Waals surface area contributed by atoms with Crippen LogP contribution in [-0.4, -0.2) is 59.0 Å². The summed E-state index contributed by atoms with van der Waals surface area (Å²) in [6.45, 7) is 3.10. The lowest BCUT2D eigenvalue weighted by atomic mass is 9.86. The fourth-order valence-electron chi connectivity index (χ4n) is 5.60. The molecule has 3 heterocycles. The van der Waals surface area contributed by atoms with Crippen molar-refractivity contribution in [3.05, 3.63) is 77.5 Å². The van der Waals surface area contributed by atoms with Crippen LogP contribution in [0, 0.1) is 23.5 Å². The van der Waals surface area contributed by atoms with E-state index in [2.05, 4.69) is 27.5 Å². The summed E-state index contributed by atoms with van der Waals surface area (Å²) in [4.78, 5) is 31.3. The number of piperidine rings is 1. The fourth-order valence-corrected chi connectivity index (χ4v) is 5.60. The predicted octanol–water partition coefficient (Wildman–Crippen LogP) is 4.42. The van der Waals surface area contributed by atoms with Gasteiger partial charge in [0.25, 0.3) is 5.91 Å². The highest BCUT2D eigenvalue weighted by molar-refractivity contribution is 5.94. The number of amides is 2. The summed E-state index contributed by atoms with van der Waals surface area (Å²) in [7, 11) is 0. The summed E-state index contributed by atoms with van der Waals surface area (Å²) in [5.41, 5.74) is 1.13. The Hall–Kier alpha value is -3.59. The Balaban J connectivity index is 1.18. The van der Waals surface area contributed by atoms with Crippen LogP contribution >= 0.6 is 0 Å². The van der Waals surface area contributed by atoms with Gasteiger partial charge in [-0.1, -0.05) is 35.5 Å². The SMILES string of the molecule is O=C(N[C@H]1CCN(CC2CC2)C[C@@H]1C(=O)N1CC[C@@H]1c1ccccc1)c1cc(-c2ccc(F)cc2F)on1. The molecule has 2 saturated heterocycles. The quantitative estimate of drug-likeness (QED) is 0.499. The van der Waals surface area contributed by atoms with Crippen LogP contribution in [0.1, 0.15) is 47.8 Å². The van der Waals surface area contributed by atoms with E-state index in [0.29, 0.717) is 25.4 Å². The molecule has 2 aliphatic heterocycles. The summed E-state index contributed by atoms with van der Waals surface area (Å²) in [6.07, 6.45) is 4.05. The molecule has 0 unspecified atom stereocenters. The Kier molecular flexibility index (Phi) is 6.69. The van der Waals surface area contributed by atoms with Crippen LogP contribution < -0.4 is 5.32 Å². The topological polar surface area (TPSA) is 78.7 Å². The van der Waals surface area contributed by atoms with Crippen LogP contribution in [0.25, 0.3) is 11.3 Å². The molecule has 7 nitrogen and oxygen atoms in total. The number of hydrogen-bond donors (Lipinski definition) is 1. The van der Waals surface area contributed by atoms with E-state index in [9.17, 15) is 18.4 Å². The van der Waals surface area contributed by atoms with Crippen molar-refractivity contribution in [2.75, 3.05) is 26.2 Å². The van der Waals surface area contributed by atoms with Crippen molar-refractivity contribution in [2.24, 2.45) is 11.8 Å². The molecule has 9 heteroatoms. The Morgan fingerprint density at radius 3 is 2.53 bits per heavy atom. The summed E-state index contributed by atoms with van der Waals surface area (Å²) in [6, 6.07) is 14.2. The van der Waals surface area contributed by atoms with Crippen molar-refractivity contribution in [3.63, 3.8) is 0 Å². The Labute approximate surface area is 219 Å². The van der Waals surface area contributed by atoms with Crippen molar-refractivity contribution in [3.8, 4) is 11.3 Å². The highest BCUT2D eigenvalue weighted by Crippen LogP contribution is 2.37. The largest absolute Gasteiger partial charge is 0.355 e. The van der Waals surface area contributed by atoms with Crippen molar-refractivity contribution in [1.82, 2.24) is 20.3 Å². The molecule has 2 aromatic carbocycles. The van der Waals surface area contributed by atoms with E-state index in [1.807, 2.05) is 23.1 Å². The number of aromatic nitrogens is 1. The Bertz CT molecular complexity index is 1330. The van der Waals surface area contributed by atoms with E-state index in [1.54, 1.807) is 0 Å². The zero-order valence-corrected chi connectivity index (χ0v) is 21.0. The van der Waals surface area contributed by atoms with Gasteiger partial charge in [0.2, 0.25) is 5.91 Å². The summed E-state index contributed by atoms with van der Waals surface area (Å²) in [5, 5.41) is 6.83. The minimum absolute atomic E-state index is 0.0125. The lowest BCUT2D eigenvalue weighted by Gasteiger charge is -2.46. The van der Waals surface area contributed by atoms with Crippen molar-refractivity contribution in [2.45, 2.75) is 37.8 Å². The molecule has 3 atom stereocenters. The molecule has 1 aliphatic carbocycles. The van der Waals surface area contributed by atoms with Gasteiger partial charge in [0.05, 0.1) is 17.5 Å². The van der Waals surface area contributed by atoms with Crippen LogP contribution in [0.4, 0.5) is 8.78 Å². The summed E-state index contributed by atoms with van der Waals surface area (Å²) in [5.74, 6) is -1.56. The van der Waals surface area contributed by atoms with Crippen molar-refractivity contribution < 1.29 is 22.9 Å². The molecule has 3 aliphatic rings. The van der Waals surface area contributed by atoms with Gasteiger partial charge in [-0.3, -0.25) is 9.59 Å². The van der Waals surface area contributed by atoms with Gasteiger partial charge in [-0.2, -0.15) is 0 Å². The van der Waals surface area contributed by atoms with Crippen LogP contribution in [0.3, 0.4) is 0 Å². The molecular weight excluding hydrogens is 490 g/mol. The third kappa shape index (κ3) is 5.07. The number of hydrogen-bond acceptors (Lipinski definition) is 5. The second-order valence-corrected chi connectivity index (χ2v) is 10.6. The van der Waals surface area contributed by atoms with Gasteiger partial charge in [0, 0.05) is 44.4 Å². The van der Waals surface area contributed by atoms with Crippen LogP contribution in [0.15, 0.2) is 59.1 Å². The minimum Gasteiger partial charge on any atom is -0.355 e. The number of nitrogens with one attached hydrogen (secondary N) is 1. The highest BCUT2D eigenvalue weighted by atomic mass is 19.1. The van der Waals surface area contributed by atoms with Crippen LogP contribution in [0.5, 0.6) is 0 Å². The number of likely N-dealkylation sites (tertiary alicyclic amines) is 2. The number of rotatable bonds is 7. The summed E-state index contributed by atoms with van der Waals surface area (Å²) < 4.78 is 32.7. The first-order chi connectivity index (χ1) is 18.5. The minimum atomic E-state index is -0.802. The first-order valence-corrected chi connectivity index (χ1v) is 13.3. The molecule has 3 fully saturated rings. The van der Waals surface area contributed by atoms with Gasteiger partial charge < -0.3 is 19.6 Å². The molecule has 0 bridgehead atoms. The molecule has 1 N–H and O–H groups in total. The zero-order chi connectivity index (χ0) is 26.2. The third-order valence-corrected chi connectivity index (χ3v) is 7.97. The van der Waals surface area contributed by atoms with Crippen LogP contribution in [-0.2, 0) is 4.79 Å². The second-order valence-electron chi connectivity index (χ2n) is 10.6. The van der Waals surface area contributed by atoms with Gasteiger partial charge >= 0.3 is 0 Å². The molecule has 0 radical (unpaired) electrons. The molecule has 6 rings (SSSR count). The van der Waals surface area contributed by atoms with E-state index in [4.69, 9.17) is 4.52 Å². The van der Waals surface area contributed by atoms with Gasteiger partial charge in [0.15, 0.2) is 11.5 Å². The molecule has 38 heavy (non-hydrogen) atoms. The monoisotopic (exact) mass is 520 g/mol. The lowest BCUT2D eigenvalue weighted by Crippen LogP contribution is -2.59. The third-order valence-electron chi connectivity index (χ3n) is 7.97. The average Bonchev–Trinajstić information content (AvgIpc) is 3.56. The maximum Gasteiger partial charge on any atom is 0.273 e. The molecule has 198 valence electrons. The molecule has 3 aromatic rings. The van der Waals surface area contributed by atoms with Crippen LogP contribution in [0.2, 0.25) is 0 Å². The summed E-state index contributed by atoms with van der Waals surface area (Å²) >= 11 is 0. The van der Waals surface area contributed by atoms with E-state index < -0.39 is 17.5 Å². The molecule has 0 spiro atoms. The standard InChI is InChI=1S/C29H30F2N4O3/c30-20-8-9-21(23(31)14-20)27-15-25(33-38-27)28(36)32-24-10-12-34(16-18-6-7-18)17-22(24)29(37)35-13-11-26(35)19-4-2-1-3-5-19/h1-5,8-9,14-15,18,22,24,26H,6-7,10-13,16-17H2,(H,32,36)/t22-,24-,26+/m0/s1. The van der Waals surface area contributed by atoms with Crippen molar-refractivity contribution in [1.29, 1.82) is 0 Å². The Morgan fingerprint density at radius 2 is 1.82 bits per heavy atom. The van der Waals surface area contributed by atoms with Gasteiger partial charge in [-0.05, 0) is 49.3 Å². The lowest BCUT2D eigenvalue weighted by molar-refractivity contribution is -0.146. The first-order valence-electron chi connectivity index (χ1n) is 13.3. The van der Waals surface area contributed by atoms with Crippen molar-refractivity contribution >= 4 is 11.8 Å². The molecule has 1 saturated carbocycles. The average molecular weight is 521 g/mol. The van der Waals surface area contributed by atoms with E-state index in [1.165, 1.54) is 25.0 Å². The molecular formula is C29H30F2N4O3. The van der Waals surface area contributed by atoms with E-state index in [0.717, 1.165) is 37.2 Å². The number of halogens is 2. The second kappa shape index (κ2) is 10.3. The first kappa shape index (κ1) is 24.7. The molecule has 1 aromatic heterocycles. The van der Waals surface area contributed by atoms with Gasteiger partial charge in [-0.15, -0.1) is 0 Å². The maximum absolute atomic E-state index is 14.2. The fraction of sp³-hybridized carbons (Fsp3) is 0.414. The Morgan fingerprint density at radius 1 is 1.00 bits per heavy atom. The number of nitrogens with zero attached hydrogens (tertiary/aromatic N) is 3.